The third-order valence-corrected chi connectivity index (χ3v) is 6.68. The van der Waals surface area contributed by atoms with E-state index in [0.29, 0.717) is 6.42 Å². The molecule has 0 fully saturated rings. The Hall–Kier alpha value is -2.99. The number of allylic oxidation sites excluding steroid dienone is 4. The van der Waals surface area contributed by atoms with Crippen LogP contribution in [-0.2, 0) is 11.2 Å². The molecule has 2 aliphatic carbocycles. The lowest BCUT2D eigenvalue weighted by molar-refractivity contribution is 0.0916. The summed E-state index contributed by atoms with van der Waals surface area (Å²) in [6.45, 7) is 4.25. The number of hydrogen-bond acceptors (Lipinski definition) is 6. The molecule has 0 radical (unpaired) electrons. The van der Waals surface area contributed by atoms with Crippen LogP contribution in [0.2, 0.25) is 0 Å². The van der Waals surface area contributed by atoms with Crippen molar-refractivity contribution in [3.8, 4) is 0 Å². The molecular weight excluding hydrogens is 394 g/mol. The number of aromatic nitrogens is 2. The number of thiazole rings is 1. The average Bonchev–Trinajstić information content (AvgIpc) is 3.18. The molecule has 2 aromatic heterocycles. The van der Waals surface area contributed by atoms with E-state index in [0.717, 1.165) is 57.6 Å². The van der Waals surface area contributed by atoms with Gasteiger partial charge in [-0.2, -0.15) is 0 Å². The largest absolute Gasteiger partial charge is 0.462 e. The quantitative estimate of drug-likeness (QED) is 0.646. The van der Waals surface area contributed by atoms with Crippen LogP contribution in [0.25, 0.3) is 5.57 Å². The van der Waals surface area contributed by atoms with Crippen LogP contribution < -0.4 is 4.90 Å². The highest BCUT2D eigenvalue weighted by Crippen LogP contribution is 2.40. The van der Waals surface area contributed by atoms with Crippen LogP contribution in [0.4, 0.5) is 5.13 Å². The summed E-state index contributed by atoms with van der Waals surface area (Å²) in [6, 6.07) is 5.93. The van der Waals surface area contributed by atoms with Gasteiger partial charge in [0.15, 0.2) is 10.9 Å². The van der Waals surface area contributed by atoms with Crippen LogP contribution in [-0.4, -0.2) is 15.8 Å². The van der Waals surface area contributed by atoms with E-state index in [1.165, 1.54) is 11.3 Å². The molecule has 152 valence electrons. The molecule has 0 amide bonds. The first-order chi connectivity index (χ1) is 14.5. The minimum absolute atomic E-state index is 0.0336. The van der Waals surface area contributed by atoms with Gasteiger partial charge < -0.3 is 4.74 Å². The van der Waals surface area contributed by atoms with Crippen molar-refractivity contribution in [1.29, 1.82) is 0 Å². The molecule has 0 saturated carbocycles. The summed E-state index contributed by atoms with van der Waals surface area (Å²) in [5, 5.41) is 0.800. The number of rotatable bonds is 3. The van der Waals surface area contributed by atoms with E-state index in [1.54, 1.807) is 6.26 Å². The molecule has 5 rings (SSSR count). The lowest BCUT2D eigenvalue weighted by atomic mass is 9.78. The van der Waals surface area contributed by atoms with Gasteiger partial charge in [-0.25, -0.2) is 4.98 Å². The van der Waals surface area contributed by atoms with E-state index in [4.69, 9.17) is 9.72 Å². The number of ether oxygens (including phenoxy) is 1. The van der Waals surface area contributed by atoms with Crippen molar-refractivity contribution in [1.82, 2.24) is 9.97 Å². The molecule has 0 atom stereocenters. The first-order valence-electron chi connectivity index (χ1n) is 10.2. The maximum atomic E-state index is 12.6. The number of Topliss-reactive ketones (excluding diaryl/α,β-unsaturated/α-hetero) is 1. The number of hydrogen-bond donors (Lipinski definition) is 0. The second-order valence-electron chi connectivity index (χ2n) is 8.57. The lowest BCUT2D eigenvalue weighted by Gasteiger charge is -2.26. The van der Waals surface area contributed by atoms with Crippen molar-refractivity contribution in [2.75, 3.05) is 4.90 Å². The van der Waals surface area contributed by atoms with Crippen molar-refractivity contribution in [3.05, 3.63) is 82.8 Å². The van der Waals surface area contributed by atoms with Crippen molar-refractivity contribution in [2.24, 2.45) is 5.41 Å². The van der Waals surface area contributed by atoms with Crippen molar-refractivity contribution < 1.29 is 9.53 Å². The Morgan fingerprint density at radius 1 is 1.23 bits per heavy atom. The van der Waals surface area contributed by atoms with Gasteiger partial charge in [-0.15, -0.1) is 0 Å². The standard InChI is InChI=1S/C24H23N3O2S/c1-24(2)13-19-22(20(28)14-24)30-23(26-19)27-11-12-29-21(15-27)17-8-4-3-7-16(17)18-9-5-6-10-25-18/h3,5-7,9-12,15H,4,8,13-14H2,1-2H3. The maximum Gasteiger partial charge on any atom is 0.194 e. The Kier molecular flexibility index (Phi) is 4.66. The summed E-state index contributed by atoms with van der Waals surface area (Å²) >= 11 is 1.47. The number of fused-ring (bicyclic) bond motifs is 1. The second-order valence-corrected chi connectivity index (χ2v) is 9.54. The first kappa shape index (κ1) is 19.0. The smallest absolute Gasteiger partial charge is 0.194 e. The minimum atomic E-state index is -0.0336. The van der Waals surface area contributed by atoms with Crippen LogP contribution in [0, 0.1) is 5.41 Å². The monoisotopic (exact) mass is 417 g/mol. The van der Waals surface area contributed by atoms with Gasteiger partial charge in [0.05, 0.1) is 22.5 Å². The third-order valence-electron chi connectivity index (χ3n) is 5.53. The van der Waals surface area contributed by atoms with Crippen LogP contribution in [0.1, 0.15) is 54.2 Å². The zero-order valence-electron chi connectivity index (χ0n) is 17.1. The molecule has 0 bridgehead atoms. The molecule has 30 heavy (non-hydrogen) atoms. The van der Waals surface area contributed by atoms with Gasteiger partial charge in [-0.05, 0) is 36.8 Å². The number of anilines is 1. The number of pyridine rings is 1. The molecule has 1 aliphatic heterocycles. The van der Waals surface area contributed by atoms with Gasteiger partial charge in [-0.3, -0.25) is 14.7 Å². The highest BCUT2D eigenvalue weighted by atomic mass is 32.1. The van der Waals surface area contributed by atoms with Gasteiger partial charge >= 0.3 is 0 Å². The molecular formula is C24H23N3O2S. The fourth-order valence-electron chi connectivity index (χ4n) is 4.14. The van der Waals surface area contributed by atoms with E-state index in [-0.39, 0.29) is 11.2 Å². The third kappa shape index (κ3) is 3.52. The number of carbonyl (C=O) groups excluding carboxylic acids is 1. The fraction of sp³-hybridized carbons (Fsp3) is 0.292. The van der Waals surface area contributed by atoms with Crippen molar-refractivity contribution in [3.63, 3.8) is 0 Å². The number of ketones is 1. The molecule has 0 aromatic carbocycles. The summed E-state index contributed by atoms with van der Waals surface area (Å²) in [5.41, 5.74) is 4.03. The van der Waals surface area contributed by atoms with Gasteiger partial charge in [-0.1, -0.05) is 43.4 Å². The minimum Gasteiger partial charge on any atom is -0.462 e. The zero-order valence-corrected chi connectivity index (χ0v) is 17.9. The second kappa shape index (κ2) is 7.36. The molecule has 0 unspecified atom stereocenters. The normalized spacial score (nSPS) is 20.1. The predicted octanol–water partition coefficient (Wildman–Crippen LogP) is 5.65. The Labute approximate surface area is 180 Å². The lowest BCUT2D eigenvalue weighted by Crippen LogP contribution is -2.26. The Morgan fingerprint density at radius 3 is 2.97 bits per heavy atom. The van der Waals surface area contributed by atoms with Crippen molar-refractivity contribution >= 4 is 27.8 Å². The molecule has 2 aromatic rings. The Bertz CT molecular complexity index is 1120. The van der Waals surface area contributed by atoms with E-state index in [2.05, 4.69) is 31.0 Å². The molecule has 3 heterocycles. The molecule has 0 saturated heterocycles. The molecule has 3 aliphatic rings. The van der Waals surface area contributed by atoms with Crippen LogP contribution >= 0.6 is 11.3 Å². The van der Waals surface area contributed by atoms with E-state index in [1.807, 2.05) is 41.7 Å². The predicted molar refractivity (Wildman–Crippen MR) is 119 cm³/mol. The summed E-state index contributed by atoms with van der Waals surface area (Å²) in [6.07, 6.45) is 14.9. The van der Waals surface area contributed by atoms with Gasteiger partial charge in [0.2, 0.25) is 0 Å². The summed E-state index contributed by atoms with van der Waals surface area (Å²) in [7, 11) is 0. The maximum absolute atomic E-state index is 12.6. The van der Waals surface area contributed by atoms with Gasteiger partial charge in [0.25, 0.3) is 0 Å². The SMILES string of the molecule is CC1(C)CC(=O)c2sc(N3C=COC(C4=C(c5ccccn5)C=CCC4)=C3)nc2C1. The van der Waals surface area contributed by atoms with Crippen LogP contribution in [0.15, 0.2) is 66.5 Å². The number of carbonyl (C=O) groups is 1. The van der Waals surface area contributed by atoms with E-state index < -0.39 is 0 Å². The topological polar surface area (TPSA) is 55.3 Å². The first-order valence-corrected chi connectivity index (χ1v) is 11.0. The number of nitrogens with zero attached hydrogens (tertiary/aromatic N) is 3. The molecule has 6 heteroatoms. The average molecular weight is 418 g/mol. The fourth-order valence-corrected chi connectivity index (χ4v) is 5.12. The van der Waals surface area contributed by atoms with E-state index in [9.17, 15) is 4.79 Å². The summed E-state index contributed by atoms with van der Waals surface area (Å²) in [4.78, 5) is 24.7. The van der Waals surface area contributed by atoms with Gasteiger partial charge in [0.1, 0.15) is 12.0 Å². The summed E-state index contributed by atoms with van der Waals surface area (Å²) in [5.74, 6) is 0.992. The Morgan fingerprint density at radius 2 is 2.13 bits per heavy atom. The highest BCUT2D eigenvalue weighted by Gasteiger charge is 2.34. The zero-order chi connectivity index (χ0) is 20.7. The van der Waals surface area contributed by atoms with Gasteiger partial charge in [0, 0.05) is 30.0 Å². The molecule has 0 spiro atoms. The van der Waals surface area contributed by atoms with Crippen LogP contribution in [0.5, 0.6) is 0 Å². The highest BCUT2D eigenvalue weighted by molar-refractivity contribution is 7.17. The van der Waals surface area contributed by atoms with E-state index >= 15 is 0 Å². The summed E-state index contributed by atoms with van der Waals surface area (Å²) < 4.78 is 5.91. The Balaban J connectivity index is 1.51. The van der Waals surface area contributed by atoms with Crippen LogP contribution in [0.3, 0.4) is 0 Å². The molecule has 5 nitrogen and oxygen atoms in total. The molecule has 0 N–H and O–H groups in total. The van der Waals surface area contributed by atoms with Crippen molar-refractivity contribution in [2.45, 2.75) is 39.5 Å².